The molecule has 0 bridgehead atoms. The molecular formula is C23H19N5OS. The highest BCUT2D eigenvalue weighted by Gasteiger charge is 2.24. The van der Waals surface area contributed by atoms with Crippen molar-refractivity contribution in [3.63, 3.8) is 0 Å². The predicted molar refractivity (Wildman–Crippen MR) is 120 cm³/mol. The summed E-state index contributed by atoms with van der Waals surface area (Å²) in [5, 5.41) is 20.9. The molecular weight excluding hydrogens is 394 g/mol. The number of allylic oxidation sites excluding steroid dienone is 1. The van der Waals surface area contributed by atoms with Crippen molar-refractivity contribution in [3.05, 3.63) is 82.3 Å². The van der Waals surface area contributed by atoms with Gasteiger partial charge < -0.3 is 5.11 Å². The van der Waals surface area contributed by atoms with Crippen molar-refractivity contribution in [3.8, 4) is 11.0 Å². The lowest BCUT2D eigenvalue weighted by Crippen LogP contribution is -1.99. The van der Waals surface area contributed by atoms with Crippen LogP contribution in [0.2, 0.25) is 0 Å². The average molecular weight is 414 g/mol. The molecule has 1 N–H and O–H groups in total. The number of para-hydroxylation sites is 1. The maximum Gasteiger partial charge on any atom is 0.225 e. The second-order valence-electron chi connectivity index (χ2n) is 6.94. The van der Waals surface area contributed by atoms with Gasteiger partial charge in [-0.3, -0.25) is 0 Å². The average Bonchev–Trinajstić information content (AvgIpc) is 3.45. The van der Waals surface area contributed by atoms with Gasteiger partial charge in [0.25, 0.3) is 0 Å². The number of nitrogens with zero attached hydrogens (tertiary/aromatic N) is 5. The summed E-state index contributed by atoms with van der Waals surface area (Å²) >= 11 is 1.45. The van der Waals surface area contributed by atoms with Crippen LogP contribution in [-0.2, 0) is 6.42 Å². The van der Waals surface area contributed by atoms with E-state index < -0.39 is 0 Å². The summed E-state index contributed by atoms with van der Waals surface area (Å²) < 4.78 is 1.64. The zero-order valence-corrected chi connectivity index (χ0v) is 17.4. The molecule has 0 amide bonds. The third-order valence-electron chi connectivity index (χ3n) is 5.01. The third kappa shape index (κ3) is 3.04. The zero-order chi connectivity index (χ0) is 20.7. The third-order valence-corrected chi connectivity index (χ3v) is 6.06. The Hall–Kier alpha value is -3.58. The van der Waals surface area contributed by atoms with Crippen molar-refractivity contribution in [1.29, 1.82) is 0 Å². The normalized spacial score (nSPS) is 14.2. The lowest BCUT2D eigenvalue weighted by atomic mass is 9.97. The van der Waals surface area contributed by atoms with Gasteiger partial charge in [-0.2, -0.15) is 0 Å². The molecule has 2 aromatic carbocycles. The maximum absolute atomic E-state index is 11.0. The Labute approximate surface area is 177 Å². The summed E-state index contributed by atoms with van der Waals surface area (Å²) in [5.41, 5.74) is 5.24. The Morgan fingerprint density at radius 3 is 2.57 bits per heavy atom. The van der Waals surface area contributed by atoms with E-state index in [-0.39, 0.29) is 5.88 Å². The van der Waals surface area contributed by atoms with Gasteiger partial charge in [0.15, 0.2) is 0 Å². The fraction of sp³-hybridized carbons (Fsp3) is 0.130. The summed E-state index contributed by atoms with van der Waals surface area (Å²) in [6.07, 6.45) is 2.70. The number of rotatable bonds is 4. The van der Waals surface area contributed by atoms with Crippen molar-refractivity contribution in [2.24, 2.45) is 4.99 Å². The monoisotopic (exact) mass is 413 g/mol. The highest BCUT2D eigenvalue weighted by atomic mass is 32.1. The molecule has 7 heteroatoms. The molecule has 4 aromatic rings. The van der Waals surface area contributed by atoms with Crippen LogP contribution in [-0.4, -0.2) is 30.6 Å². The second kappa shape index (κ2) is 7.35. The second-order valence-corrected chi connectivity index (χ2v) is 7.98. The van der Waals surface area contributed by atoms with Gasteiger partial charge in [0.2, 0.25) is 11.0 Å². The molecule has 5 rings (SSSR count). The van der Waals surface area contributed by atoms with E-state index in [9.17, 15) is 5.11 Å². The molecule has 2 aromatic heterocycles. The quantitative estimate of drug-likeness (QED) is 0.512. The fourth-order valence-corrected chi connectivity index (χ4v) is 4.38. The molecule has 30 heavy (non-hydrogen) atoms. The minimum atomic E-state index is 0.0515. The van der Waals surface area contributed by atoms with E-state index in [1.54, 1.807) is 4.57 Å². The van der Waals surface area contributed by atoms with Gasteiger partial charge in [0.05, 0.1) is 11.4 Å². The Bertz CT molecular complexity index is 1300. The number of benzene rings is 2. The van der Waals surface area contributed by atoms with Gasteiger partial charge in [0.1, 0.15) is 16.5 Å². The minimum absolute atomic E-state index is 0.0515. The van der Waals surface area contributed by atoms with Crippen molar-refractivity contribution in [2.45, 2.75) is 20.3 Å². The molecule has 0 saturated carbocycles. The highest BCUT2D eigenvalue weighted by molar-refractivity contribution is 7.13. The molecule has 148 valence electrons. The van der Waals surface area contributed by atoms with Gasteiger partial charge >= 0.3 is 0 Å². The van der Waals surface area contributed by atoms with Gasteiger partial charge in [-0.05, 0) is 25.5 Å². The largest absolute Gasteiger partial charge is 0.493 e. The van der Waals surface area contributed by atoms with Crippen LogP contribution in [0, 0.1) is 6.92 Å². The topological polar surface area (TPSA) is 76.2 Å². The Balaban J connectivity index is 1.65. The van der Waals surface area contributed by atoms with Gasteiger partial charge in [-0.25, -0.2) is 14.5 Å². The first-order valence-corrected chi connectivity index (χ1v) is 10.5. The SMILES string of the molecule is CCc1nnc(-n2c(C)nc(/C=C3/C(c4ccccc4)=Nc4ccccc43)c2O)s1. The lowest BCUT2D eigenvalue weighted by Gasteiger charge is -2.05. The van der Waals surface area contributed by atoms with E-state index in [1.807, 2.05) is 74.5 Å². The summed E-state index contributed by atoms with van der Waals surface area (Å²) in [4.78, 5) is 9.45. The number of aromatic hydroxyl groups is 1. The Kier molecular flexibility index (Phi) is 4.52. The number of hydrogen-bond donors (Lipinski definition) is 1. The number of fused-ring (bicyclic) bond motifs is 1. The molecule has 0 radical (unpaired) electrons. The number of aliphatic imine (C=N–C) groups is 1. The van der Waals surface area contributed by atoms with E-state index in [1.165, 1.54) is 11.3 Å². The minimum Gasteiger partial charge on any atom is -0.493 e. The number of imidazole rings is 1. The summed E-state index contributed by atoms with van der Waals surface area (Å²) in [5.74, 6) is 0.707. The van der Waals surface area contributed by atoms with Gasteiger partial charge in [-0.15, -0.1) is 10.2 Å². The Morgan fingerprint density at radius 2 is 1.80 bits per heavy atom. The molecule has 0 fully saturated rings. The van der Waals surface area contributed by atoms with Crippen LogP contribution in [0.15, 0.2) is 59.6 Å². The predicted octanol–water partition coefficient (Wildman–Crippen LogP) is 4.98. The number of hydrogen-bond acceptors (Lipinski definition) is 6. The van der Waals surface area contributed by atoms with Crippen molar-refractivity contribution < 1.29 is 5.11 Å². The van der Waals surface area contributed by atoms with Crippen molar-refractivity contribution in [2.75, 3.05) is 0 Å². The standard InChI is InChI=1S/C23H19N5OS/c1-3-20-26-27-23(30-20)28-14(2)24-19(22(28)29)13-17-16-11-7-8-12-18(16)25-21(17)15-9-5-4-6-10-15/h4-13,29H,3H2,1-2H3/b17-13+. The van der Waals surface area contributed by atoms with Crippen LogP contribution in [0.1, 0.15) is 34.6 Å². The Morgan fingerprint density at radius 1 is 1.03 bits per heavy atom. The first-order chi connectivity index (χ1) is 14.7. The number of aromatic nitrogens is 4. The molecule has 1 aliphatic rings. The molecule has 0 aliphatic carbocycles. The van der Waals surface area contributed by atoms with Crippen LogP contribution in [0.5, 0.6) is 5.88 Å². The van der Waals surface area contributed by atoms with Crippen molar-refractivity contribution >= 4 is 34.4 Å². The molecule has 0 unspecified atom stereocenters. The molecule has 0 atom stereocenters. The fourth-order valence-electron chi connectivity index (χ4n) is 3.55. The zero-order valence-electron chi connectivity index (χ0n) is 16.6. The van der Waals surface area contributed by atoms with Crippen LogP contribution in [0.25, 0.3) is 16.8 Å². The smallest absolute Gasteiger partial charge is 0.225 e. The van der Waals surface area contributed by atoms with Crippen molar-refractivity contribution in [1.82, 2.24) is 19.7 Å². The summed E-state index contributed by atoms with van der Waals surface area (Å²) in [7, 11) is 0. The highest BCUT2D eigenvalue weighted by Crippen LogP contribution is 2.39. The molecule has 0 saturated heterocycles. The number of aryl methyl sites for hydroxylation is 2. The van der Waals surface area contributed by atoms with Gasteiger partial charge in [0, 0.05) is 16.7 Å². The van der Waals surface area contributed by atoms with Crippen LogP contribution in [0.4, 0.5) is 5.69 Å². The van der Waals surface area contributed by atoms with E-state index in [2.05, 4.69) is 15.2 Å². The van der Waals surface area contributed by atoms with E-state index in [0.29, 0.717) is 16.6 Å². The molecule has 1 aliphatic heterocycles. The molecule has 6 nitrogen and oxygen atoms in total. The lowest BCUT2D eigenvalue weighted by molar-refractivity contribution is 0.439. The van der Waals surface area contributed by atoms with E-state index in [4.69, 9.17) is 4.99 Å². The van der Waals surface area contributed by atoms with Crippen LogP contribution >= 0.6 is 11.3 Å². The van der Waals surface area contributed by atoms with E-state index in [0.717, 1.165) is 39.5 Å². The maximum atomic E-state index is 11.0. The van der Waals surface area contributed by atoms with Crippen LogP contribution in [0.3, 0.4) is 0 Å². The summed E-state index contributed by atoms with van der Waals surface area (Å²) in [6.45, 7) is 3.88. The van der Waals surface area contributed by atoms with E-state index >= 15 is 0 Å². The van der Waals surface area contributed by atoms with Gasteiger partial charge in [-0.1, -0.05) is 66.8 Å². The summed E-state index contributed by atoms with van der Waals surface area (Å²) in [6, 6.07) is 18.1. The first kappa shape index (κ1) is 18.4. The molecule has 0 spiro atoms. The molecule has 3 heterocycles. The first-order valence-electron chi connectivity index (χ1n) is 9.72. The van der Waals surface area contributed by atoms with Crippen LogP contribution < -0.4 is 0 Å².